The number of rotatable bonds is 4. The first-order chi connectivity index (χ1) is 12.0. The molecule has 3 rings (SSSR count). The Balaban J connectivity index is 1.76. The first kappa shape index (κ1) is 17.0. The highest BCUT2D eigenvalue weighted by Gasteiger charge is 2.25. The molecule has 1 N–H and O–H groups in total. The number of nitrogens with one attached hydrogen (secondary N) is 1. The molecular weight excluding hydrogens is 316 g/mol. The molecule has 0 atom stereocenters. The van der Waals surface area contributed by atoms with Crippen molar-refractivity contribution in [1.29, 1.82) is 0 Å². The highest BCUT2D eigenvalue weighted by atomic mass is 16.5. The summed E-state index contributed by atoms with van der Waals surface area (Å²) in [5.41, 5.74) is 2.53. The summed E-state index contributed by atoms with van der Waals surface area (Å²) in [5.74, 6) is 0.665. The van der Waals surface area contributed by atoms with Gasteiger partial charge in [0, 0.05) is 5.69 Å². The zero-order valence-corrected chi connectivity index (χ0v) is 14.5. The third kappa shape index (κ3) is 3.99. The third-order valence-corrected chi connectivity index (χ3v) is 4.17. The summed E-state index contributed by atoms with van der Waals surface area (Å²) in [4.78, 5) is 26.3. The average molecular weight is 338 g/mol. The number of hydrogen-bond donors (Lipinski definition) is 1. The molecule has 0 saturated carbocycles. The number of carbonyl (C=O) groups is 2. The van der Waals surface area contributed by atoms with Crippen molar-refractivity contribution in [3.8, 4) is 5.75 Å². The topological polar surface area (TPSA) is 58.6 Å². The minimum atomic E-state index is -0.231. The predicted octanol–water partition coefficient (Wildman–Crippen LogP) is 3.56. The van der Waals surface area contributed by atoms with Crippen LogP contribution >= 0.6 is 0 Å². The van der Waals surface area contributed by atoms with E-state index < -0.39 is 0 Å². The highest BCUT2D eigenvalue weighted by Crippen LogP contribution is 2.30. The van der Waals surface area contributed by atoms with Crippen molar-refractivity contribution in [3.05, 3.63) is 54.1 Å². The fourth-order valence-corrected chi connectivity index (χ4v) is 2.81. The third-order valence-electron chi connectivity index (χ3n) is 4.17. The van der Waals surface area contributed by atoms with E-state index in [2.05, 4.69) is 19.2 Å². The Morgan fingerprint density at radius 1 is 1.20 bits per heavy atom. The molecule has 0 aliphatic carbocycles. The van der Waals surface area contributed by atoms with Crippen molar-refractivity contribution in [3.63, 3.8) is 0 Å². The summed E-state index contributed by atoms with van der Waals surface area (Å²) < 4.78 is 5.60. The van der Waals surface area contributed by atoms with Gasteiger partial charge in [0.05, 0.1) is 18.7 Å². The van der Waals surface area contributed by atoms with E-state index >= 15 is 0 Å². The molecule has 5 nitrogen and oxygen atoms in total. The SMILES string of the molecule is CC(C)c1cccc(NC(=O)CN2C(=O)CCOc3ccccc32)c1. The lowest BCUT2D eigenvalue weighted by atomic mass is 10.0. The van der Waals surface area contributed by atoms with Crippen molar-refractivity contribution >= 4 is 23.2 Å². The van der Waals surface area contributed by atoms with E-state index in [-0.39, 0.29) is 24.8 Å². The van der Waals surface area contributed by atoms with E-state index in [0.717, 1.165) is 11.3 Å². The number of amides is 2. The van der Waals surface area contributed by atoms with Crippen LogP contribution in [0.2, 0.25) is 0 Å². The average Bonchev–Trinajstić information content (AvgIpc) is 2.75. The summed E-state index contributed by atoms with van der Waals surface area (Å²) in [5, 5.41) is 2.88. The Hall–Kier alpha value is -2.82. The molecule has 1 heterocycles. The maximum absolute atomic E-state index is 12.5. The smallest absolute Gasteiger partial charge is 0.244 e. The molecule has 130 valence electrons. The number of anilines is 2. The first-order valence-corrected chi connectivity index (χ1v) is 8.46. The summed E-state index contributed by atoms with van der Waals surface area (Å²) in [6.45, 7) is 4.50. The van der Waals surface area contributed by atoms with Gasteiger partial charge in [-0.25, -0.2) is 0 Å². The molecule has 0 aromatic heterocycles. The van der Waals surface area contributed by atoms with Crippen molar-refractivity contribution < 1.29 is 14.3 Å². The van der Waals surface area contributed by atoms with Gasteiger partial charge in [0.2, 0.25) is 11.8 Å². The van der Waals surface area contributed by atoms with E-state index in [4.69, 9.17) is 4.74 Å². The molecule has 2 aromatic carbocycles. The standard InChI is InChI=1S/C20H22N2O3/c1-14(2)15-6-5-7-16(12-15)21-19(23)13-22-17-8-3-4-9-18(17)25-11-10-20(22)24/h3-9,12,14H,10-11,13H2,1-2H3,(H,21,23). The van der Waals surface area contributed by atoms with Crippen LogP contribution in [0.3, 0.4) is 0 Å². The Bertz CT molecular complexity index is 786. The molecule has 0 unspecified atom stereocenters. The quantitative estimate of drug-likeness (QED) is 0.927. The highest BCUT2D eigenvalue weighted by molar-refractivity contribution is 6.03. The number of ether oxygens (including phenoxy) is 1. The Labute approximate surface area is 147 Å². The molecule has 1 aliphatic heterocycles. The Morgan fingerprint density at radius 2 is 2.00 bits per heavy atom. The van der Waals surface area contributed by atoms with Crippen LogP contribution < -0.4 is 15.0 Å². The maximum Gasteiger partial charge on any atom is 0.244 e. The second-order valence-corrected chi connectivity index (χ2v) is 6.37. The van der Waals surface area contributed by atoms with Crippen LogP contribution in [0.4, 0.5) is 11.4 Å². The van der Waals surface area contributed by atoms with Crippen LogP contribution in [0.15, 0.2) is 48.5 Å². The predicted molar refractivity (Wildman–Crippen MR) is 98.1 cm³/mol. The Kier molecular flexibility index (Phi) is 5.03. The van der Waals surface area contributed by atoms with E-state index in [1.54, 1.807) is 6.07 Å². The van der Waals surface area contributed by atoms with Gasteiger partial charge in [-0.3, -0.25) is 14.5 Å². The lowest BCUT2D eigenvalue weighted by Gasteiger charge is -2.21. The first-order valence-electron chi connectivity index (χ1n) is 8.46. The van der Waals surface area contributed by atoms with Crippen molar-refractivity contribution in [2.75, 3.05) is 23.4 Å². The number of nitrogens with zero attached hydrogens (tertiary/aromatic N) is 1. The normalized spacial score (nSPS) is 13.9. The maximum atomic E-state index is 12.5. The number of benzene rings is 2. The fraction of sp³-hybridized carbons (Fsp3) is 0.300. The monoisotopic (exact) mass is 338 g/mol. The molecule has 25 heavy (non-hydrogen) atoms. The van der Waals surface area contributed by atoms with Gasteiger partial charge in [-0.2, -0.15) is 0 Å². The molecule has 0 spiro atoms. The minimum absolute atomic E-state index is 0.0366. The van der Waals surface area contributed by atoms with Crippen LogP contribution in [0.5, 0.6) is 5.75 Å². The van der Waals surface area contributed by atoms with Crippen molar-refractivity contribution in [2.24, 2.45) is 0 Å². The fourth-order valence-electron chi connectivity index (χ4n) is 2.81. The molecule has 0 radical (unpaired) electrons. The molecule has 0 bridgehead atoms. The van der Waals surface area contributed by atoms with Gasteiger partial charge in [0.15, 0.2) is 0 Å². The van der Waals surface area contributed by atoms with Crippen LogP contribution in [0.25, 0.3) is 0 Å². The van der Waals surface area contributed by atoms with Gasteiger partial charge in [-0.1, -0.05) is 38.1 Å². The number of hydrogen-bond acceptors (Lipinski definition) is 3. The van der Waals surface area contributed by atoms with Crippen molar-refractivity contribution in [2.45, 2.75) is 26.2 Å². The van der Waals surface area contributed by atoms with E-state index in [9.17, 15) is 9.59 Å². The summed E-state index contributed by atoms with van der Waals surface area (Å²) in [6, 6.07) is 15.1. The molecule has 5 heteroatoms. The molecule has 2 amide bonds. The van der Waals surface area contributed by atoms with Crippen molar-refractivity contribution in [1.82, 2.24) is 0 Å². The van der Waals surface area contributed by atoms with Gasteiger partial charge in [-0.05, 0) is 35.7 Å². The van der Waals surface area contributed by atoms with E-state index in [1.807, 2.05) is 42.5 Å². The molecule has 2 aromatic rings. The minimum Gasteiger partial charge on any atom is -0.491 e. The van der Waals surface area contributed by atoms with E-state index in [0.29, 0.717) is 24.0 Å². The molecule has 1 aliphatic rings. The number of carbonyl (C=O) groups excluding carboxylic acids is 2. The number of para-hydroxylation sites is 2. The lowest BCUT2D eigenvalue weighted by Crippen LogP contribution is -2.37. The summed E-state index contributed by atoms with van der Waals surface area (Å²) in [7, 11) is 0. The summed E-state index contributed by atoms with van der Waals surface area (Å²) >= 11 is 0. The van der Waals surface area contributed by atoms with Gasteiger partial charge in [0.25, 0.3) is 0 Å². The zero-order chi connectivity index (χ0) is 17.8. The molecular formula is C20H22N2O3. The van der Waals surface area contributed by atoms with Crippen LogP contribution in [0, 0.1) is 0 Å². The molecule has 0 fully saturated rings. The second kappa shape index (κ2) is 7.38. The van der Waals surface area contributed by atoms with Crippen LogP contribution in [0.1, 0.15) is 31.7 Å². The van der Waals surface area contributed by atoms with Crippen LogP contribution in [-0.4, -0.2) is 25.0 Å². The zero-order valence-electron chi connectivity index (χ0n) is 14.5. The molecule has 0 saturated heterocycles. The van der Waals surface area contributed by atoms with E-state index in [1.165, 1.54) is 4.90 Å². The number of fused-ring (bicyclic) bond motifs is 1. The van der Waals surface area contributed by atoms with Gasteiger partial charge >= 0.3 is 0 Å². The lowest BCUT2D eigenvalue weighted by molar-refractivity contribution is -0.121. The van der Waals surface area contributed by atoms with Crippen LogP contribution in [-0.2, 0) is 9.59 Å². The second-order valence-electron chi connectivity index (χ2n) is 6.37. The summed E-state index contributed by atoms with van der Waals surface area (Å²) in [6.07, 6.45) is 0.255. The van der Waals surface area contributed by atoms with Gasteiger partial charge < -0.3 is 10.1 Å². The van der Waals surface area contributed by atoms with Gasteiger partial charge in [-0.15, -0.1) is 0 Å². The Morgan fingerprint density at radius 3 is 2.80 bits per heavy atom. The largest absolute Gasteiger partial charge is 0.491 e. The van der Waals surface area contributed by atoms with Gasteiger partial charge in [0.1, 0.15) is 12.3 Å².